The molecular formula is C19H15N3O3. The van der Waals surface area contributed by atoms with E-state index >= 15 is 0 Å². The first-order valence-electron chi connectivity index (χ1n) is 7.85. The molecule has 0 saturated heterocycles. The number of fused-ring (bicyclic) bond motifs is 3. The Labute approximate surface area is 142 Å². The first-order valence-corrected chi connectivity index (χ1v) is 7.85. The van der Waals surface area contributed by atoms with Gasteiger partial charge in [-0.3, -0.25) is 4.79 Å². The van der Waals surface area contributed by atoms with Crippen LogP contribution < -0.4 is 5.73 Å². The maximum Gasteiger partial charge on any atom is 0.320 e. The highest BCUT2D eigenvalue weighted by Crippen LogP contribution is 2.31. The van der Waals surface area contributed by atoms with Gasteiger partial charge in [-0.25, -0.2) is 9.97 Å². The van der Waals surface area contributed by atoms with Crippen molar-refractivity contribution in [3.63, 3.8) is 0 Å². The van der Waals surface area contributed by atoms with Crippen LogP contribution in [-0.4, -0.2) is 27.1 Å². The first-order chi connectivity index (χ1) is 12.1. The van der Waals surface area contributed by atoms with Gasteiger partial charge in [0.1, 0.15) is 17.1 Å². The van der Waals surface area contributed by atoms with Crippen molar-refractivity contribution in [2.45, 2.75) is 12.5 Å². The lowest BCUT2D eigenvalue weighted by molar-refractivity contribution is -0.138. The van der Waals surface area contributed by atoms with E-state index in [4.69, 9.17) is 15.3 Å². The Morgan fingerprint density at radius 3 is 2.56 bits per heavy atom. The zero-order valence-electron chi connectivity index (χ0n) is 13.2. The van der Waals surface area contributed by atoms with Crippen LogP contribution in [0, 0.1) is 0 Å². The number of furan rings is 1. The number of carboxylic acids is 1. The number of carbonyl (C=O) groups is 1. The summed E-state index contributed by atoms with van der Waals surface area (Å²) in [5.74, 6) is -0.559. The molecule has 0 unspecified atom stereocenters. The Kier molecular flexibility index (Phi) is 3.66. The summed E-state index contributed by atoms with van der Waals surface area (Å²) in [5, 5.41) is 10.0. The number of hydrogen-bond acceptors (Lipinski definition) is 5. The van der Waals surface area contributed by atoms with Crippen molar-refractivity contribution in [1.82, 2.24) is 9.97 Å². The predicted molar refractivity (Wildman–Crippen MR) is 94.1 cm³/mol. The largest absolute Gasteiger partial charge is 0.480 e. The topological polar surface area (TPSA) is 102 Å². The second-order valence-corrected chi connectivity index (χ2v) is 5.78. The van der Waals surface area contributed by atoms with Gasteiger partial charge in [-0.15, -0.1) is 0 Å². The Morgan fingerprint density at radius 2 is 1.80 bits per heavy atom. The standard InChI is InChI=1S/C19H15N3O3/c20-13(19(23)24)10-14-17-16(12-8-4-5-9-15(12)25-17)22-18(21-14)11-6-2-1-3-7-11/h1-9,13H,10,20H2,(H,23,24)/t13-/m0/s1. The van der Waals surface area contributed by atoms with E-state index in [9.17, 15) is 4.79 Å². The minimum atomic E-state index is -1.08. The zero-order chi connectivity index (χ0) is 17.4. The summed E-state index contributed by atoms with van der Waals surface area (Å²) in [7, 11) is 0. The summed E-state index contributed by atoms with van der Waals surface area (Å²) >= 11 is 0. The maximum absolute atomic E-state index is 11.2. The maximum atomic E-state index is 11.2. The highest BCUT2D eigenvalue weighted by molar-refractivity contribution is 6.03. The van der Waals surface area contributed by atoms with Crippen LogP contribution in [0.2, 0.25) is 0 Å². The minimum absolute atomic E-state index is 0.0635. The lowest BCUT2D eigenvalue weighted by atomic mass is 10.1. The lowest BCUT2D eigenvalue weighted by Gasteiger charge is -2.08. The molecule has 1 atom stereocenters. The van der Waals surface area contributed by atoms with E-state index in [1.165, 1.54) is 0 Å². The Balaban J connectivity index is 1.98. The zero-order valence-corrected chi connectivity index (χ0v) is 13.2. The van der Waals surface area contributed by atoms with Crippen LogP contribution in [0.25, 0.3) is 33.5 Å². The molecule has 3 N–H and O–H groups in total. The molecule has 0 aliphatic carbocycles. The molecule has 0 bridgehead atoms. The SMILES string of the molecule is N[C@@H](Cc1nc(-c2ccccc2)nc2c1oc1ccccc12)C(=O)O. The molecule has 2 aromatic heterocycles. The number of rotatable bonds is 4. The summed E-state index contributed by atoms with van der Waals surface area (Å²) in [5.41, 5.74) is 8.89. The van der Waals surface area contributed by atoms with Gasteiger partial charge in [-0.1, -0.05) is 42.5 Å². The van der Waals surface area contributed by atoms with Crippen molar-refractivity contribution >= 4 is 28.0 Å². The Bertz CT molecular complexity index is 1070. The van der Waals surface area contributed by atoms with Crippen LogP contribution in [0.1, 0.15) is 5.69 Å². The molecule has 0 radical (unpaired) electrons. The van der Waals surface area contributed by atoms with Crippen molar-refractivity contribution in [2.75, 3.05) is 0 Å². The quantitative estimate of drug-likeness (QED) is 0.595. The van der Waals surface area contributed by atoms with Crippen molar-refractivity contribution in [3.05, 3.63) is 60.3 Å². The molecule has 25 heavy (non-hydrogen) atoms. The van der Waals surface area contributed by atoms with Gasteiger partial charge in [0.15, 0.2) is 11.4 Å². The van der Waals surface area contributed by atoms with Crippen molar-refractivity contribution in [3.8, 4) is 11.4 Å². The lowest BCUT2D eigenvalue weighted by Crippen LogP contribution is -2.32. The molecule has 4 rings (SSSR count). The third-order valence-corrected chi connectivity index (χ3v) is 4.05. The third-order valence-electron chi connectivity index (χ3n) is 4.05. The van der Waals surface area contributed by atoms with Crippen molar-refractivity contribution < 1.29 is 14.3 Å². The molecule has 0 amide bonds. The van der Waals surface area contributed by atoms with Crippen LogP contribution in [0.15, 0.2) is 59.0 Å². The highest BCUT2D eigenvalue weighted by atomic mass is 16.4. The molecule has 0 fully saturated rings. The van der Waals surface area contributed by atoms with Crippen LogP contribution in [0.4, 0.5) is 0 Å². The van der Waals surface area contributed by atoms with Gasteiger partial charge in [0.05, 0.1) is 5.69 Å². The highest BCUT2D eigenvalue weighted by Gasteiger charge is 2.21. The van der Waals surface area contributed by atoms with Gasteiger partial charge >= 0.3 is 5.97 Å². The van der Waals surface area contributed by atoms with Crippen LogP contribution in [0.3, 0.4) is 0 Å². The molecule has 2 heterocycles. The number of benzene rings is 2. The molecule has 0 spiro atoms. The predicted octanol–water partition coefficient (Wildman–Crippen LogP) is 3.00. The molecule has 0 saturated carbocycles. The van der Waals surface area contributed by atoms with E-state index in [0.717, 1.165) is 10.9 Å². The Hall–Kier alpha value is -3.25. The Morgan fingerprint density at radius 1 is 1.08 bits per heavy atom. The van der Waals surface area contributed by atoms with E-state index in [1.807, 2.05) is 54.6 Å². The number of para-hydroxylation sites is 1. The molecule has 2 aromatic carbocycles. The molecule has 0 aliphatic rings. The van der Waals surface area contributed by atoms with Crippen molar-refractivity contribution in [1.29, 1.82) is 0 Å². The first kappa shape index (κ1) is 15.3. The summed E-state index contributed by atoms with van der Waals surface area (Å²) < 4.78 is 5.88. The van der Waals surface area contributed by atoms with Crippen LogP contribution in [0.5, 0.6) is 0 Å². The van der Waals surface area contributed by atoms with Gasteiger partial charge in [0, 0.05) is 17.4 Å². The number of hydrogen-bond donors (Lipinski definition) is 2. The molecular weight excluding hydrogens is 318 g/mol. The number of nitrogens with zero attached hydrogens (tertiary/aromatic N) is 2. The fraction of sp³-hybridized carbons (Fsp3) is 0.105. The average molecular weight is 333 g/mol. The van der Waals surface area contributed by atoms with Gasteiger partial charge < -0.3 is 15.3 Å². The van der Waals surface area contributed by atoms with E-state index in [1.54, 1.807) is 0 Å². The number of aliphatic carboxylic acids is 1. The second-order valence-electron chi connectivity index (χ2n) is 5.78. The smallest absolute Gasteiger partial charge is 0.320 e. The normalized spacial score (nSPS) is 12.5. The molecule has 124 valence electrons. The van der Waals surface area contributed by atoms with Gasteiger partial charge in [-0.05, 0) is 12.1 Å². The summed E-state index contributed by atoms with van der Waals surface area (Å²) in [4.78, 5) is 20.4. The summed E-state index contributed by atoms with van der Waals surface area (Å²) in [6, 6.07) is 16.0. The van der Waals surface area contributed by atoms with Crippen LogP contribution >= 0.6 is 0 Å². The summed E-state index contributed by atoms with van der Waals surface area (Å²) in [6.45, 7) is 0. The van der Waals surface area contributed by atoms with E-state index in [-0.39, 0.29) is 6.42 Å². The van der Waals surface area contributed by atoms with E-state index in [2.05, 4.69) is 9.97 Å². The molecule has 6 nitrogen and oxygen atoms in total. The fourth-order valence-electron chi connectivity index (χ4n) is 2.80. The molecule has 0 aliphatic heterocycles. The van der Waals surface area contributed by atoms with Gasteiger partial charge in [0.25, 0.3) is 0 Å². The van der Waals surface area contributed by atoms with Crippen molar-refractivity contribution in [2.24, 2.45) is 5.73 Å². The van der Waals surface area contributed by atoms with Gasteiger partial charge in [0.2, 0.25) is 0 Å². The van der Waals surface area contributed by atoms with E-state index < -0.39 is 12.0 Å². The third kappa shape index (κ3) is 2.72. The van der Waals surface area contributed by atoms with Crippen LogP contribution in [-0.2, 0) is 11.2 Å². The van der Waals surface area contributed by atoms with E-state index in [0.29, 0.717) is 28.2 Å². The monoisotopic (exact) mass is 333 g/mol. The summed E-state index contributed by atoms with van der Waals surface area (Å²) in [6.07, 6.45) is 0.0635. The number of nitrogens with two attached hydrogens (primary N) is 1. The number of carboxylic acid groups (broad SMARTS) is 1. The fourth-order valence-corrected chi connectivity index (χ4v) is 2.80. The minimum Gasteiger partial charge on any atom is -0.480 e. The van der Waals surface area contributed by atoms with Gasteiger partial charge in [-0.2, -0.15) is 0 Å². The molecule has 4 aromatic rings. The average Bonchev–Trinajstić information content (AvgIpc) is 3.01. The number of aromatic nitrogens is 2. The molecule has 6 heteroatoms. The second kappa shape index (κ2) is 5.99.